The standard InChI is InChI=1S/C20H23NO3/c1-13(2)18-7-5-6-14(3)20(18)21-19(23)12-24-17-10-8-16(9-11-17)15(4)22/h5-11,13H,12H2,1-4H3,(H,21,23). The fourth-order valence-electron chi connectivity index (χ4n) is 2.45. The monoisotopic (exact) mass is 325 g/mol. The zero-order valence-corrected chi connectivity index (χ0v) is 14.6. The van der Waals surface area contributed by atoms with Crippen molar-refractivity contribution < 1.29 is 14.3 Å². The summed E-state index contributed by atoms with van der Waals surface area (Å²) in [5.74, 6) is 0.672. The highest BCUT2D eigenvalue weighted by atomic mass is 16.5. The van der Waals surface area contributed by atoms with E-state index >= 15 is 0 Å². The van der Waals surface area contributed by atoms with Gasteiger partial charge >= 0.3 is 0 Å². The summed E-state index contributed by atoms with van der Waals surface area (Å²) in [6.07, 6.45) is 0. The van der Waals surface area contributed by atoms with Gasteiger partial charge < -0.3 is 10.1 Å². The maximum absolute atomic E-state index is 12.2. The molecule has 0 spiro atoms. The summed E-state index contributed by atoms with van der Waals surface area (Å²) in [6.45, 7) is 7.60. The molecule has 0 atom stereocenters. The average molecular weight is 325 g/mol. The molecule has 0 bridgehead atoms. The van der Waals surface area contributed by atoms with Crippen LogP contribution in [0.1, 0.15) is 48.2 Å². The van der Waals surface area contributed by atoms with Gasteiger partial charge in [0.2, 0.25) is 0 Å². The number of Topliss-reactive ketones (excluding diaryl/α,β-unsaturated/α-hetero) is 1. The quantitative estimate of drug-likeness (QED) is 0.804. The normalized spacial score (nSPS) is 10.5. The van der Waals surface area contributed by atoms with E-state index in [-0.39, 0.29) is 18.3 Å². The molecule has 2 aromatic carbocycles. The number of benzene rings is 2. The Kier molecular flexibility index (Phi) is 5.74. The van der Waals surface area contributed by atoms with E-state index in [0.717, 1.165) is 16.8 Å². The van der Waals surface area contributed by atoms with Gasteiger partial charge in [-0.05, 0) is 55.2 Å². The molecule has 126 valence electrons. The number of ether oxygens (including phenoxy) is 1. The molecule has 0 aliphatic rings. The number of ketones is 1. The van der Waals surface area contributed by atoms with Crippen molar-refractivity contribution in [2.75, 3.05) is 11.9 Å². The molecule has 0 aromatic heterocycles. The second-order valence-corrected chi connectivity index (χ2v) is 6.11. The topological polar surface area (TPSA) is 55.4 Å². The van der Waals surface area contributed by atoms with Gasteiger partial charge in [0.05, 0.1) is 0 Å². The van der Waals surface area contributed by atoms with Gasteiger partial charge in [0, 0.05) is 11.3 Å². The summed E-state index contributed by atoms with van der Waals surface area (Å²) >= 11 is 0. The molecule has 0 aliphatic heterocycles. The van der Waals surface area contributed by atoms with Crippen LogP contribution in [0.4, 0.5) is 5.69 Å². The Morgan fingerprint density at radius 2 is 1.75 bits per heavy atom. The zero-order chi connectivity index (χ0) is 17.7. The molecule has 1 N–H and O–H groups in total. The number of nitrogens with one attached hydrogen (secondary N) is 1. The third-order valence-electron chi connectivity index (χ3n) is 3.82. The molecule has 4 nitrogen and oxygen atoms in total. The van der Waals surface area contributed by atoms with Crippen LogP contribution in [0.25, 0.3) is 0 Å². The second-order valence-electron chi connectivity index (χ2n) is 6.11. The molecule has 1 amide bonds. The molecular formula is C20H23NO3. The highest BCUT2D eigenvalue weighted by molar-refractivity contribution is 5.94. The molecular weight excluding hydrogens is 302 g/mol. The van der Waals surface area contributed by atoms with Crippen LogP contribution in [-0.2, 0) is 4.79 Å². The number of carbonyl (C=O) groups is 2. The first-order valence-electron chi connectivity index (χ1n) is 8.01. The minimum Gasteiger partial charge on any atom is -0.484 e. The van der Waals surface area contributed by atoms with E-state index in [0.29, 0.717) is 17.2 Å². The largest absolute Gasteiger partial charge is 0.484 e. The predicted molar refractivity (Wildman–Crippen MR) is 95.8 cm³/mol. The molecule has 0 heterocycles. The maximum atomic E-state index is 12.2. The van der Waals surface area contributed by atoms with E-state index in [1.165, 1.54) is 6.92 Å². The lowest BCUT2D eigenvalue weighted by Crippen LogP contribution is -2.21. The third kappa shape index (κ3) is 4.44. The molecule has 0 fully saturated rings. The van der Waals surface area contributed by atoms with Crippen LogP contribution >= 0.6 is 0 Å². The van der Waals surface area contributed by atoms with Crippen molar-refractivity contribution in [3.63, 3.8) is 0 Å². The molecule has 2 aromatic rings. The van der Waals surface area contributed by atoms with Crippen molar-refractivity contribution in [3.05, 3.63) is 59.2 Å². The van der Waals surface area contributed by atoms with Gasteiger partial charge in [-0.25, -0.2) is 0 Å². The highest BCUT2D eigenvalue weighted by Gasteiger charge is 2.12. The van der Waals surface area contributed by atoms with Gasteiger partial charge in [-0.2, -0.15) is 0 Å². The fraction of sp³-hybridized carbons (Fsp3) is 0.300. The lowest BCUT2D eigenvalue weighted by molar-refractivity contribution is -0.118. The summed E-state index contributed by atoms with van der Waals surface area (Å²) in [5, 5.41) is 2.94. The van der Waals surface area contributed by atoms with Crippen molar-refractivity contribution in [1.29, 1.82) is 0 Å². The zero-order valence-electron chi connectivity index (χ0n) is 14.6. The lowest BCUT2D eigenvalue weighted by atomic mass is 9.98. The first-order chi connectivity index (χ1) is 11.4. The summed E-state index contributed by atoms with van der Waals surface area (Å²) in [5.41, 5.74) is 3.61. The van der Waals surface area contributed by atoms with Crippen LogP contribution in [0.15, 0.2) is 42.5 Å². The van der Waals surface area contributed by atoms with E-state index in [2.05, 4.69) is 19.2 Å². The lowest BCUT2D eigenvalue weighted by Gasteiger charge is -2.16. The number of hydrogen-bond donors (Lipinski definition) is 1. The van der Waals surface area contributed by atoms with Crippen LogP contribution in [0.3, 0.4) is 0 Å². The fourth-order valence-corrected chi connectivity index (χ4v) is 2.45. The predicted octanol–water partition coefficient (Wildman–Crippen LogP) is 4.34. The first-order valence-corrected chi connectivity index (χ1v) is 8.01. The Morgan fingerprint density at radius 3 is 2.33 bits per heavy atom. The van der Waals surface area contributed by atoms with Gasteiger partial charge in [-0.15, -0.1) is 0 Å². The molecule has 0 aliphatic carbocycles. The number of rotatable bonds is 6. The highest BCUT2D eigenvalue weighted by Crippen LogP contribution is 2.27. The van der Waals surface area contributed by atoms with Crippen LogP contribution in [-0.4, -0.2) is 18.3 Å². The molecule has 4 heteroatoms. The van der Waals surface area contributed by atoms with Gasteiger partial charge in [-0.1, -0.05) is 32.0 Å². The SMILES string of the molecule is CC(=O)c1ccc(OCC(=O)Nc2c(C)cccc2C(C)C)cc1. The number of anilines is 1. The summed E-state index contributed by atoms with van der Waals surface area (Å²) in [4.78, 5) is 23.4. The molecule has 0 saturated heterocycles. The number of amides is 1. The minimum atomic E-state index is -0.207. The Hall–Kier alpha value is -2.62. The van der Waals surface area contributed by atoms with Gasteiger partial charge in [0.15, 0.2) is 12.4 Å². The number of aryl methyl sites for hydroxylation is 1. The molecule has 0 saturated carbocycles. The van der Waals surface area contributed by atoms with Gasteiger partial charge in [0.25, 0.3) is 5.91 Å². The van der Waals surface area contributed by atoms with Crippen LogP contribution in [0.2, 0.25) is 0 Å². The van der Waals surface area contributed by atoms with E-state index in [4.69, 9.17) is 4.74 Å². The van der Waals surface area contributed by atoms with Crippen LogP contribution in [0.5, 0.6) is 5.75 Å². The van der Waals surface area contributed by atoms with E-state index in [1.807, 2.05) is 25.1 Å². The number of carbonyl (C=O) groups excluding carboxylic acids is 2. The first kappa shape index (κ1) is 17.7. The van der Waals surface area contributed by atoms with Gasteiger partial charge in [0.1, 0.15) is 5.75 Å². The van der Waals surface area contributed by atoms with E-state index in [1.54, 1.807) is 24.3 Å². The van der Waals surface area contributed by atoms with E-state index in [9.17, 15) is 9.59 Å². The summed E-state index contributed by atoms with van der Waals surface area (Å²) in [7, 11) is 0. The number of para-hydroxylation sites is 1. The molecule has 24 heavy (non-hydrogen) atoms. The second kappa shape index (κ2) is 7.77. The summed E-state index contributed by atoms with van der Waals surface area (Å²) < 4.78 is 5.49. The molecule has 2 rings (SSSR count). The Morgan fingerprint density at radius 1 is 1.08 bits per heavy atom. The Labute approximate surface area is 142 Å². The van der Waals surface area contributed by atoms with Crippen molar-refractivity contribution in [2.45, 2.75) is 33.6 Å². The van der Waals surface area contributed by atoms with Crippen LogP contribution in [0, 0.1) is 6.92 Å². The smallest absolute Gasteiger partial charge is 0.262 e. The Balaban J connectivity index is 2.00. The van der Waals surface area contributed by atoms with Crippen molar-refractivity contribution in [1.82, 2.24) is 0 Å². The number of hydrogen-bond acceptors (Lipinski definition) is 3. The Bertz CT molecular complexity index is 733. The molecule has 0 radical (unpaired) electrons. The maximum Gasteiger partial charge on any atom is 0.262 e. The van der Waals surface area contributed by atoms with Gasteiger partial charge in [-0.3, -0.25) is 9.59 Å². The third-order valence-corrected chi connectivity index (χ3v) is 3.82. The van der Waals surface area contributed by atoms with E-state index < -0.39 is 0 Å². The van der Waals surface area contributed by atoms with Crippen molar-refractivity contribution in [3.8, 4) is 5.75 Å². The van der Waals surface area contributed by atoms with Crippen molar-refractivity contribution >= 4 is 17.4 Å². The van der Waals surface area contributed by atoms with Crippen LogP contribution < -0.4 is 10.1 Å². The summed E-state index contributed by atoms with van der Waals surface area (Å²) in [6, 6.07) is 12.8. The average Bonchev–Trinajstić information content (AvgIpc) is 2.55. The minimum absolute atomic E-state index is 0.0000562. The van der Waals surface area contributed by atoms with Crippen molar-refractivity contribution in [2.24, 2.45) is 0 Å². The molecule has 0 unspecified atom stereocenters.